The molecule has 1 atom stereocenters. The standard InChI is InChI=1S/C19H14Cl2N2O3/c1-10-4-12-5-11(2-3-17(12)26-10)6-16-18(24)22-23(19(16)25)15-8-13(20)7-14(21)9-15/h2-3,5-10H,4H2,1H3,(H,22,24)/b16-6-. The molecule has 4 rings (SSSR count). The molecule has 2 amide bonds. The van der Waals surface area contributed by atoms with Crippen molar-refractivity contribution < 1.29 is 14.3 Å². The summed E-state index contributed by atoms with van der Waals surface area (Å²) in [4.78, 5) is 25.0. The molecule has 2 aromatic rings. The molecule has 132 valence electrons. The number of nitrogens with one attached hydrogen (secondary N) is 1. The van der Waals surface area contributed by atoms with Crippen LogP contribution in [0.3, 0.4) is 0 Å². The summed E-state index contributed by atoms with van der Waals surface area (Å²) in [5.41, 5.74) is 4.83. The molecule has 1 unspecified atom stereocenters. The van der Waals surface area contributed by atoms with Gasteiger partial charge >= 0.3 is 0 Å². The Balaban J connectivity index is 1.65. The van der Waals surface area contributed by atoms with Crippen molar-refractivity contribution in [3.05, 3.63) is 63.1 Å². The molecule has 2 heterocycles. The van der Waals surface area contributed by atoms with E-state index in [1.807, 2.05) is 25.1 Å². The van der Waals surface area contributed by atoms with Crippen LogP contribution in [0.15, 0.2) is 42.0 Å². The summed E-state index contributed by atoms with van der Waals surface area (Å²) in [5, 5.41) is 1.89. The monoisotopic (exact) mass is 388 g/mol. The van der Waals surface area contributed by atoms with Crippen molar-refractivity contribution in [3.63, 3.8) is 0 Å². The number of hydrogen-bond donors (Lipinski definition) is 1. The zero-order chi connectivity index (χ0) is 18.4. The number of anilines is 1. The lowest BCUT2D eigenvalue weighted by Gasteiger charge is -2.15. The fourth-order valence-corrected chi connectivity index (χ4v) is 3.62. The van der Waals surface area contributed by atoms with Crippen molar-refractivity contribution in [2.75, 3.05) is 5.01 Å². The highest BCUT2D eigenvalue weighted by Crippen LogP contribution is 2.31. The summed E-state index contributed by atoms with van der Waals surface area (Å²) in [7, 11) is 0. The third-order valence-corrected chi connectivity index (χ3v) is 4.66. The lowest BCUT2D eigenvalue weighted by atomic mass is 10.0. The second-order valence-corrected chi connectivity index (χ2v) is 7.14. The summed E-state index contributed by atoms with van der Waals surface area (Å²) in [6.45, 7) is 2.00. The van der Waals surface area contributed by atoms with Gasteiger partial charge in [0.2, 0.25) is 0 Å². The van der Waals surface area contributed by atoms with Crippen LogP contribution in [-0.2, 0) is 16.0 Å². The van der Waals surface area contributed by atoms with Gasteiger partial charge in [-0.15, -0.1) is 0 Å². The predicted octanol–water partition coefficient (Wildman–Crippen LogP) is 3.78. The third-order valence-electron chi connectivity index (χ3n) is 4.23. The second-order valence-electron chi connectivity index (χ2n) is 6.27. The first-order chi connectivity index (χ1) is 12.4. The summed E-state index contributed by atoms with van der Waals surface area (Å²) in [6.07, 6.45) is 2.51. The van der Waals surface area contributed by atoms with Gasteiger partial charge in [-0.2, -0.15) is 0 Å². The Hall–Kier alpha value is -2.50. The predicted molar refractivity (Wildman–Crippen MR) is 100 cm³/mol. The molecule has 0 aromatic heterocycles. The van der Waals surface area contributed by atoms with Crippen molar-refractivity contribution in [1.82, 2.24) is 5.43 Å². The molecule has 5 nitrogen and oxygen atoms in total. The number of fused-ring (bicyclic) bond motifs is 1. The fourth-order valence-electron chi connectivity index (χ4n) is 3.11. The number of nitrogens with zero attached hydrogens (tertiary/aromatic N) is 1. The molecule has 1 saturated heterocycles. The van der Waals surface area contributed by atoms with E-state index in [0.29, 0.717) is 15.7 Å². The lowest BCUT2D eigenvalue weighted by Crippen LogP contribution is -2.35. The number of carbonyl (C=O) groups excluding carboxylic acids is 2. The zero-order valence-corrected chi connectivity index (χ0v) is 15.3. The number of hydrazine groups is 1. The van der Waals surface area contributed by atoms with Gasteiger partial charge in [0.05, 0.1) is 5.69 Å². The molecule has 2 aliphatic rings. The number of hydrogen-bond acceptors (Lipinski definition) is 3. The fraction of sp³-hybridized carbons (Fsp3) is 0.158. The number of ether oxygens (including phenoxy) is 1. The molecule has 7 heteroatoms. The molecule has 2 aliphatic heterocycles. The van der Waals surface area contributed by atoms with Crippen molar-refractivity contribution in [1.29, 1.82) is 0 Å². The Bertz CT molecular complexity index is 951. The van der Waals surface area contributed by atoms with Gasteiger partial charge in [-0.3, -0.25) is 15.0 Å². The highest BCUT2D eigenvalue weighted by atomic mass is 35.5. The summed E-state index contributed by atoms with van der Waals surface area (Å²) >= 11 is 12.0. The van der Waals surface area contributed by atoms with Gasteiger partial charge in [-0.1, -0.05) is 29.3 Å². The molecule has 0 spiro atoms. The van der Waals surface area contributed by atoms with E-state index in [1.54, 1.807) is 24.3 Å². The van der Waals surface area contributed by atoms with Crippen LogP contribution in [0.5, 0.6) is 5.75 Å². The van der Waals surface area contributed by atoms with Crippen molar-refractivity contribution >= 4 is 46.8 Å². The molecule has 1 N–H and O–H groups in total. The lowest BCUT2D eigenvalue weighted by molar-refractivity contribution is -0.117. The average Bonchev–Trinajstić information content (AvgIpc) is 3.07. The van der Waals surface area contributed by atoms with Gasteiger partial charge in [0.1, 0.15) is 17.4 Å². The van der Waals surface area contributed by atoms with E-state index in [2.05, 4.69) is 5.43 Å². The van der Waals surface area contributed by atoms with Gasteiger partial charge in [0.25, 0.3) is 11.8 Å². The molecule has 0 saturated carbocycles. The number of rotatable bonds is 2. The van der Waals surface area contributed by atoms with Gasteiger partial charge < -0.3 is 4.74 Å². The smallest absolute Gasteiger partial charge is 0.282 e. The molecule has 0 radical (unpaired) electrons. The van der Waals surface area contributed by atoms with Crippen LogP contribution in [0.1, 0.15) is 18.1 Å². The zero-order valence-electron chi connectivity index (χ0n) is 13.8. The van der Waals surface area contributed by atoms with Crippen molar-refractivity contribution in [2.24, 2.45) is 0 Å². The number of benzene rings is 2. The van der Waals surface area contributed by atoms with Crippen molar-refractivity contribution in [2.45, 2.75) is 19.4 Å². The van der Waals surface area contributed by atoms with Crippen LogP contribution in [0.2, 0.25) is 10.0 Å². The normalized spacial score (nSPS) is 20.3. The number of carbonyl (C=O) groups is 2. The van der Waals surface area contributed by atoms with Crippen LogP contribution in [0.4, 0.5) is 5.69 Å². The first-order valence-electron chi connectivity index (χ1n) is 8.03. The third kappa shape index (κ3) is 3.04. The van der Waals surface area contributed by atoms with E-state index in [4.69, 9.17) is 27.9 Å². The minimum atomic E-state index is -0.476. The Morgan fingerprint density at radius 1 is 1.15 bits per heavy atom. The van der Waals surface area contributed by atoms with Gasteiger partial charge in [-0.25, -0.2) is 5.01 Å². The number of halogens is 2. The Morgan fingerprint density at radius 3 is 2.62 bits per heavy atom. The van der Waals surface area contributed by atoms with Gasteiger partial charge in [-0.05, 0) is 54.5 Å². The van der Waals surface area contributed by atoms with E-state index in [-0.39, 0.29) is 11.7 Å². The highest BCUT2D eigenvalue weighted by molar-refractivity contribution is 6.36. The maximum Gasteiger partial charge on any atom is 0.282 e. The van der Waals surface area contributed by atoms with Crippen LogP contribution >= 0.6 is 23.2 Å². The second kappa shape index (κ2) is 6.34. The van der Waals surface area contributed by atoms with E-state index in [9.17, 15) is 9.59 Å². The molecular formula is C19H14Cl2N2O3. The first-order valence-corrected chi connectivity index (χ1v) is 8.79. The molecule has 26 heavy (non-hydrogen) atoms. The Kier molecular flexibility index (Phi) is 4.13. The minimum Gasteiger partial charge on any atom is -0.490 e. The van der Waals surface area contributed by atoms with Crippen molar-refractivity contribution in [3.8, 4) is 5.75 Å². The largest absolute Gasteiger partial charge is 0.490 e. The van der Waals surface area contributed by atoms with Crippen LogP contribution < -0.4 is 15.2 Å². The summed E-state index contributed by atoms with van der Waals surface area (Å²) < 4.78 is 5.67. The van der Waals surface area contributed by atoms with E-state index in [0.717, 1.165) is 28.3 Å². The van der Waals surface area contributed by atoms with Gasteiger partial charge in [0.15, 0.2) is 0 Å². The maximum atomic E-state index is 12.7. The van der Waals surface area contributed by atoms with Crippen LogP contribution in [-0.4, -0.2) is 17.9 Å². The van der Waals surface area contributed by atoms with E-state index in [1.165, 1.54) is 0 Å². The van der Waals surface area contributed by atoms with E-state index < -0.39 is 11.8 Å². The SMILES string of the molecule is CC1Cc2cc(/C=C3/C(=O)NN(c4cc(Cl)cc(Cl)c4)C3=O)ccc2O1. The average molecular weight is 389 g/mol. The first kappa shape index (κ1) is 16.9. The molecular weight excluding hydrogens is 375 g/mol. The molecule has 1 fully saturated rings. The van der Waals surface area contributed by atoms with Crippen LogP contribution in [0.25, 0.3) is 6.08 Å². The van der Waals surface area contributed by atoms with Crippen LogP contribution in [0, 0.1) is 0 Å². The van der Waals surface area contributed by atoms with Gasteiger partial charge in [0, 0.05) is 16.5 Å². The number of amides is 2. The Morgan fingerprint density at radius 2 is 1.88 bits per heavy atom. The quantitative estimate of drug-likeness (QED) is 0.628. The topological polar surface area (TPSA) is 58.6 Å². The molecule has 0 aliphatic carbocycles. The molecule has 0 bridgehead atoms. The maximum absolute atomic E-state index is 12.7. The Labute approximate surface area is 160 Å². The summed E-state index contributed by atoms with van der Waals surface area (Å²) in [5.74, 6) is -0.0910. The summed E-state index contributed by atoms with van der Waals surface area (Å²) in [6, 6.07) is 10.3. The van der Waals surface area contributed by atoms with E-state index >= 15 is 0 Å². The molecule has 2 aromatic carbocycles. The highest BCUT2D eigenvalue weighted by Gasteiger charge is 2.34. The minimum absolute atomic E-state index is 0.0491.